The first-order valence-electron chi connectivity index (χ1n) is 19.5. The quantitative estimate of drug-likeness (QED) is 0.390. The van der Waals surface area contributed by atoms with Crippen molar-refractivity contribution in [3.8, 4) is 0 Å². The van der Waals surface area contributed by atoms with Crippen LogP contribution >= 0.6 is 0 Å². The number of aliphatic hydroxyl groups excluding tert-OH is 1. The van der Waals surface area contributed by atoms with Crippen LogP contribution in [0.4, 0.5) is 0 Å². The Hall–Kier alpha value is -1.70. The van der Waals surface area contributed by atoms with Gasteiger partial charge in [0, 0.05) is 70.9 Å². The Morgan fingerprint density at radius 3 is 2.41 bits per heavy atom. The van der Waals surface area contributed by atoms with Gasteiger partial charge in [0.25, 0.3) is 5.91 Å². The van der Waals surface area contributed by atoms with Gasteiger partial charge in [-0.25, -0.2) is 0 Å². The van der Waals surface area contributed by atoms with Crippen molar-refractivity contribution in [3.63, 3.8) is 0 Å². The third-order valence-corrected chi connectivity index (χ3v) is 11.6. The van der Waals surface area contributed by atoms with Crippen LogP contribution in [-0.4, -0.2) is 158 Å². The summed E-state index contributed by atoms with van der Waals surface area (Å²) in [4.78, 5) is 26.5. The van der Waals surface area contributed by atoms with E-state index in [-0.39, 0.29) is 47.6 Å². The van der Waals surface area contributed by atoms with E-state index >= 15 is 0 Å². The Balaban J connectivity index is 1.55. The molecule has 0 bridgehead atoms. The standard InChI is InChI=1S/C40H71N5O6/c1-12-16-45-25-28(2)22-40(8,48-11)36(51-38-35(46)33(42(9)10)21-30(4)50-38)29(3)23-39(6,7)27-49-31(5)34(45)26-43-17-19-44(20-18-43)37(47)32-14-13-15-41-24-32/h13-15,24,28-31,33-36,38,46H,12,16-23,25-27H2,1-11H3/t28-,29-,30-,31+,33+,34+,35-,36-,38+,40-/m1/s1. The zero-order valence-corrected chi connectivity index (χ0v) is 33.7. The molecule has 3 aliphatic heterocycles. The minimum atomic E-state index is -0.764. The lowest BCUT2D eigenvalue weighted by atomic mass is 9.75. The number of carbonyl (C=O) groups excluding carboxylic acids is 1. The predicted molar refractivity (Wildman–Crippen MR) is 202 cm³/mol. The van der Waals surface area contributed by atoms with Crippen molar-refractivity contribution in [2.45, 2.75) is 129 Å². The number of rotatable bonds is 9. The molecule has 0 spiro atoms. The molecular weight excluding hydrogens is 646 g/mol. The molecule has 1 amide bonds. The Kier molecular flexibility index (Phi) is 15.3. The van der Waals surface area contributed by atoms with Gasteiger partial charge in [-0.1, -0.05) is 34.6 Å². The number of pyridine rings is 1. The molecule has 0 radical (unpaired) electrons. The van der Waals surface area contributed by atoms with Crippen LogP contribution in [0.1, 0.15) is 91.4 Å². The Bertz CT molecular complexity index is 1200. The number of hydrogen-bond acceptors (Lipinski definition) is 10. The maximum absolute atomic E-state index is 13.1. The number of amides is 1. The monoisotopic (exact) mass is 718 g/mol. The average Bonchev–Trinajstić information content (AvgIpc) is 3.09. The molecule has 1 N–H and O–H groups in total. The van der Waals surface area contributed by atoms with Crippen molar-refractivity contribution < 1.29 is 28.8 Å². The van der Waals surface area contributed by atoms with E-state index in [2.05, 4.69) is 75.1 Å². The van der Waals surface area contributed by atoms with E-state index in [1.807, 2.05) is 31.1 Å². The Morgan fingerprint density at radius 2 is 1.80 bits per heavy atom. The van der Waals surface area contributed by atoms with Gasteiger partial charge in [-0.05, 0) is 96.5 Å². The summed E-state index contributed by atoms with van der Waals surface area (Å²) in [5, 5.41) is 11.5. The van der Waals surface area contributed by atoms with Crippen molar-refractivity contribution in [2.75, 3.05) is 73.6 Å². The fourth-order valence-corrected chi connectivity index (χ4v) is 8.97. The van der Waals surface area contributed by atoms with Crippen molar-refractivity contribution in [2.24, 2.45) is 17.3 Å². The first kappa shape index (κ1) is 42.0. The summed E-state index contributed by atoms with van der Waals surface area (Å²) >= 11 is 0. The molecule has 3 aliphatic rings. The van der Waals surface area contributed by atoms with Gasteiger partial charge in [-0.15, -0.1) is 0 Å². The van der Waals surface area contributed by atoms with E-state index in [4.69, 9.17) is 18.9 Å². The topological polar surface area (TPSA) is 100 Å². The normalized spacial score (nSPS) is 36.6. The number of piperazine rings is 1. The molecule has 3 saturated heterocycles. The van der Waals surface area contributed by atoms with Gasteiger partial charge in [-0.3, -0.25) is 19.6 Å². The summed E-state index contributed by atoms with van der Waals surface area (Å²) in [6, 6.07) is 3.81. The zero-order chi connectivity index (χ0) is 37.5. The number of aliphatic hydroxyl groups is 1. The lowest BCUT2D eigenvalue weighted by Crippen LogP contribution is -2.58. The zero-order valence-electron chi connectivity index (χ0n) is 33.7. The Morgan fingerprint density at radius 1 is 1.10 bits per heavy atom. The molecule has 1 aromatic rings. The number of ether oxygens (including phenoxy) is 4. The number of aromatic nitrogens is 1. The van der Waals surface area contributed by atoms with Crippen LogP contribution in [0.5, 0.6) is 0 Å². The molecule has 0 saturated carbocycles. The fourth-order valence-electron chi connectivity index (χ4n) is 8.97. The lowest BCUT2D eigenvalue weighted by Gasteiger charge is -2.47. The van der Waals surface area contributed by atoms with Crippen LogP contribution in [0.15, 0.2) is 24.5 Å². The van der Waals surface area contributed by atoms with Gasteiger partial charge in [0.1, 0.15) is 6.10 Å². The van der Waals surface area contributed by atoms with E-state index in [9.17, 15) is 9.90 Å². The van der Waals surface area contributed by atoms with E-state index in [0.717, 1.165) is 58.4 Å². The second-order valence-corrected chi connectivity index (χ2v) is 17.2. The molecule has 3 fully saturated rings. The number of likely N-dealkylation sites (N-methyl/N-ethyl adjacent to an activating group) is 1. The van der Waals surface area contributed by atoms with Gasteiger partial charge in [0.05, 0.1) is 36.1 Å². The van der Waals surface area contributed by atoms with E-state index in [1.165, 1.54) is 0 Å². The highest BCUT2D eigenvalue weighted by atomic mass is 16.7. The van der Waals surface area contributed by atoms with E-state index in [0.29, 0.717) is 31.2 Å². The number of carbonyl (C=O) groups is 1. The van der Waals surface area contributed by atoms with Crippen molar-refractivity contribution in [1.29, 1.82) is 0 Å². The van der Waals surface area contributed by atoms with Gasteiger partial charge in [0.2, 0.25) is 0 Å². The van der Waals surface area contributed by atoms with E-state index < -0.39 is 18.0 Å². The van der Waals surface area contributed by atoms with Crippen LogP contribution in [0.2, 0.25) is 0 Å². The number of methoxy groups -OCH3 is 1. The second-order valence-electron chi connectivity index (χ2n) is 17.2. The molecule has 11 nitrogen and oxygen atoms in total. The molecule has 11 heteroatoms. The van der Waals surface area contributed by atoms with Crippen LogP contribution in [0.3, 0.4) is 0 Å². The third-order valence-electron chi connectivity index (χ3n) is 11.6. The first-order valence-corrected chi connectivity index (χ1v) is 19.5. The van der Waals surface area contributed by atoms with Crippen LogP contribution in [-0.2, 0) is 18.9 Å². The number of nitrogens with zero attached hydrogens (tertiary/aromatic N) is 5. The van der Waals surface area contributed by atoms with Crippen LogP contribution < -0.4 is 0 Å². The lowest BCUT2D eigenvalue weighted by molar-refractivity contribution is -0.298. The minimum absolute atomic E-state index is 0.0187. The molecule has 4 rings (SSSR count). The third kappa shape index (κ3) is 11.2. The van der Waals surface area contributed by atoms with Crippen molar-refractivity contribution in [1.82, 2.24) is 24.6 Å². The van der Waals surface area contributed by atoms with Gasteiger partial charge < -0.3 is 33.9 Å². The Labute approximate surface area is 309 Å². The van der Waals surface area contributed by atoms with Gasteiger partial charge in [-0.2, -0.15) is 0 Å². The summed E-state index contributed by atoms with van der Waals surface area (Å²) in [7, 11) is 5.82. The second kappa shape index (κ2) is 18.6. The molecule has 0 aromatic carbocycles. The molecule has 4 heterocycles. The van der Waals surface area contributed by atoms with Crippen LogP contribution in [0, 0.1) is 17.3 Å². The highest BCUT2D eigenvalue weighted by molar-refractivity contribution is 5.93. The fraction of sp³-hybridized carbons (Fsp3) is 0.850. The van der Waals surface area contributed by atoms with E-state index in [1.54, 1.807) is 19.5 Å². The largest absolute Gasteiger partial charge is 0.386 e. The summed E-state index contributed by atoms with van der Waals surface area (Å²) in [6.07, 6.45) is 4.99. The minimum Gasteiger partial charge on any atom is -0.386 e. The number of hydrogen-bond donors (Lipinski definition) is 1. The summed E-state index contributed by atoms with van der Waals surface area (Å²) in [6.45, 7) is 24.3. The molecule has 10 atom stereocenters. The summed E-state index contributed by atoms with van der Waals surface area (Å²) in [5.74, 6) is 0.457. The maximum Gasteiger partial charge on any atom is 0.255 e. The van der Waals surface area contributed by atoms with Crippen molar-refractivity contribution in [3.05, 3.63) is 30.1 Å². The van der Waals surface area contributed by atoms with Gasteiger partial charge in [0.15, 0.2) is 6.29 Å². The molecule has 0 aliphatic carbocycles. The average molecular weight is 718 g/mol. The molecular formula is C40H71N5O6. The highest BCUT2D eigenvalue weighted by Gasteiger charge is 2.47. The molecule has 0 unspecified atom stereocenters. The summed E-state index contributed by atoms with van der Waals surface area (Å²) < 4.78 is 26.6. The van der Waals surface area contributed by atoms with Crippen molar-refractivity contribution >= 4 is 5.91 Å². The van der Waals surface area contributed by atoms with Gasteiger partial charge >= 0.3 is 0 Å². The molecule has 1 aromatic heterocycles. The first-order chi connectivity index (χ1) is 24.1. The SMILES string of the molecule is CCCN1C[C@H](C)C[C@@](C)(OC)[C@H](O[C@@H]2O[C@H](C)C[C@H](N(C)C)[C@H]2O)[C@H](C)CC(C)(C)CO[C@@H](C)[C@@H]1CN1CCN(C(=O)c2cccnc2)CC1. The predicted octanol–water partition coefficient (Wildman–Crippen LogP) is 4.63. The molecule has 51 heavy (non-hydrogen) atoms. The molecule has 292 valence electrons. The summed E-state index contributed by atoms with van der Waals surface area (Å²) in [5.41, 5.74) is -0.0982. The highest BCUT2D eigenvalue weighted by Crippen LogP contribution is 2.40. The maximum atomic E-state index is 13.1. The smallest absolute Gasteiger partial charge is 0.255 e. The van der Waals surface area contributed by atoms with Crippen LogP contribution in [0.25, 0.3) is 0 Å².